The average Bonchev–Trinajstić information content (AvgIpc) is 3.18. The molecular weight excluding hydrogens is 356 g/mol. The summed E-state index contributed by atoms with van der Waals surface area (Å²) in [5.41, 5.74) is 0.739. The second-order valence-corrected chi connectivity index (χ2v) is 8.20. The van der Waals surface area contributed by atoms with Gasteiger partial charge in [-0.25, -0.2) is 14.8 Å². The lowest BCUT2D eigenvalue weighted by Crippen LogP contribution is -2.41. The number of carboxylic acids is 2. The molecule has 2 aliphatic heterocycles. The maximum absolute atomic E-state index is 11.4. The molecule has 2 aromatic heterocycles. The molecule has 0 amide bonds. The van der Waals surface area contributed by atoms with Crippen LogP contribution in [0.2, 0.25) is 0 Å². The zero-order chi connectivity index (χ0) is 18.5. The first kappa shape index (κ1) is 17.2. The second kappa shape index (κ2) is 6.17. The van der Waals surface area contributed by atoms with Gasteiger partial charge >= 0.3 is 11.9 Å². The van der Waals surface area contributed by atoms with Crippen LogP contribution >= 0.6 is 11.3 Å². The maximum atomic E-state index is 11.4. The van der Waals surface area contributed by atoms with Gasteiger partial charge in [0, 0.05) is 19.6 Å². The van der Waals surface area contributed by atoms with Gasteiger partial charge in [0.15, 0.2) is 0 Å². The van der Waals surface area contributed by atoms with E-state index in [1.165, 1.54) is 17.7 Å². The summed E-state index contributed by atoms with van der Waals surface area (Å²) in [5, 5.41) is 22.5. The number of nitrogens with zero attached hydrogens (tertiary/aromatic N) is 3. The van der Waals surface area contributed by atoms with Crippen LogP contribution in [0.1, 0.15) is 34.5 Å². The molecule has 2 aromatic rings. The van der Waals surface area contributed by atoms with Crippen LogP contribution in [0.5, 0.6) is 0 Å². The smallest absolute Gasteiger partial charge is 0.346 e. The molecule has 2 aliphatic rings. The first-order chi connectivity index (χ1) is 12.4. The van der Waals surface area contributed by atoms with Crippen molar-refractivity contribution in [3.05, 3.63) is 16.8 Å². The van der Waals surface area contributed by atoms with Crippen LogP contribution in [0.3, 0.4) is 0 Å². The molecule has 1 atom stereocenters. The number of aliphatic carboxylic acids is 1. The second-order valence-electron chi connectivity index (χ2n) is 7.20. The molecule has 138 valence electrons. The van der Waals surface area contributed by atoms with Gasteiger partial charge in [-0.2, -0.15) is 0 Å². The number of aryl methyl sites for hydroxylation is 1. The van der Waals surface area contributed by atoms with E-state index >= 15 is 0 Å². The molecular formula is C17H20N4O4S. The van der Waals surface area contributed by atoms with E-state index in [2.05, 4.69) is 20.2 Å². The number of aromatic carboxylic acids is 1. The average molecular weight is 376 g/mol. The number of aromatic nitrogens is 2. The van der Waals surface area contributed by atoms with Crippen molar-refractivity contribution in [3.63, 3.8) is 0 Å². The minimum atomic E-state index is -0.939. The highest BCUT2D eigenvalue weighted by Gasteiger charge is 2.44. The third kappa shape index (κ3) is 2.71. The Labute approximate surface area is 153 Å². The lowest BCUT2D eigenvalue weighted by Gasteiger charge is -2.39. The number of nitrogens with one attached hydrogen (secondary N) is 1. The van der Waals surface area contributed by atoms with E-state index in [1.807, 2.05) is 0 Å². The minimum absolute atomic E-state index is 0.0294. The van der Waals surface area contributed by atoms with Crippen LogP contribution in [0.25, 0.3) is 10.2 Å². The number of thiophene rings is 1. The van der Waals surface area contributed by atoms with Gasteiger partial charge in [0.2, 0.25) is 0 Å². The molecule has 2 saturated heterocycles. The van der Waals surface area contributed by atoms with Crippen molar-refractivity contribution in [3.8, 4) is 0 Å². The number of anilines is 1. The fraction of sp³-hybridized carbons (Fsp3) is 0.529. The van der Waals surface area contributed by atoms with Crippen LogP contribution in [-0.2, 0) is 4.79 Å². The zero-order valence-corrected chi connectivity index (χ0v) is 15.2. The van der Waals surface area contributed by atoms with E-state index in [4.69, 9.17) is 0 Å². The van der Waals surface area contributed by atoms with Crippen molar-refractivity contribution in [1.29, 1.82) is 0 Å². The Balaban J connectivity index is 1.59. The Morgan fingerprint density at radius 1 is 1.31 bits per heavy atom. The molecule has 0 radical (unpaired) electrons. The van der Waals surface area contributed by atoms with Crippen LogP contribution in [0, 0.1) is 12.3 Å². The molecule has 2 fully saturated rings. The quantitative estimate of drug-likeness (QED) is 0.742. The fourth-order valence-corrected chi connectivity index (χ4v) is 5.14. The van der Waals surface area contributed by atoms with E-state index < -0.39 is 18.0 Å². The summed E-state index contributed by atoms with van der Waals surface area (Å²) in [6.07, 6.45) is 3.94. The fourth-order valence-electron chi connectivity index (χ4n) is 4.16. The lowest BCUT2D eigenvalue weighted by atomic mass is 9.76. The van der Waals surface area contributed by atoms with Gasteiger partial charge in [-0.3, -0.25) is 4.79 Å². The van der Waals surface area contributed by atoms with Crippen molar-refractivity contribution in [2.45, 2.75) is 32.2 Å². The van der Waals surface area contributed by atoms with Gasteiger partial charge in [0.05, 0.1) is 5.39 Å². The number of rotatable bonds is 3. The Bertz CT molecular complexity index is 888. The molecule has 9 heteroatoms. The van der Waals surface area contributed by atoms with Crippen molar-refractivity contribution in [2.75, 3.05) is 24.5 Å². The largest absolute Gasteiger partial charge is 0.480 e. The van der Waals surface area contributed by atoms with Gasteiger partial charge in [-0.05, 0) is 37.2 Å². The highest BCUT2D eigenvalue weighted by Crippen LogP contribution is 2.42. The first-order valence-corrected chi connectivity index (χ1v) is 9.40. The minimum Gasteiger partial charge on any atom is -0.480 e. The molecule has 26 heavy (non-hydrogen) atoms. The van der Waals surface area contributed by atoms with Gasteiger partial charge in [-0.15, -0.1) is 11.3 Å². The monoisotopic (exact) mass is 376 g/mol. The molecule has 1 spiro atoms. The molecule has 3 N–H and O–H groups in total. The van der Waals surface area contributed by atoms with Crippen molar-refractivity contribution >= 4 is 39.3 Å². The van der Waals surface area contributed by atoms with Gasteiger partial charge in [0.25, 0.3) is 0 Å². The van der Waals surface area contributed by atoms with Crippen LogP contribution in [0.15, 0.2) is 6.33 Å². The van der Waals surface area contributed by atoms with Crippen LogP contribution in [-0.4, -0.2) is 57.8 Å². The first-order valence-electron chi connectivity index (χ1n) is 8.59. The Hall–Kier alpha value is -2.26. The molecule has 0 aromatic carbocycles. The standard InChI is InChI=1S/C17H20N4O4S/c1-9-11-13(19-8-20-14(11)26-12(9)16(24)25)21-4-2-17(3-5-21)6-10(15(22)23)18-7-17/h8,10,18H,2-7H2,1H3,(H,22,23)(H,24,25)/t10-/m0/s1. The van der Waals surface area contributed by atoms with Crippen LogP contribution < -0.4 is 10.2 Å². The molecule has 0 aliphatic carbocycles. The Kier molecular flexibility index (Phi) is 4.07. The summed E-state index contributed by atoms with van der Waals surface area (Å²) in [5.74, 6) is -0.936. The summed E-state index contributed by atoms with van der Waals surface area (Å²) in [6, 6.07) is -0.454. The molecule has 4 rings (SSSR count). The highest BCUT2D eigenvalue weighted by atomic mass is 32.1. The summed E-state index contributed by atoms with van der Waals surface area (Å²) >= 11 is 1.18. The van der Waals surface area contributed by atoms with Gasteiger partial charge in [-0.1, -0.05) is 0 Å². The predicted molar refractivity (Wildman–Crippen MR) is 97.0 cm³/mol. The number of hydrogen-bond acceptors (Lipinski definition) is 7. The number of piperidine rings is 1. The molecule has 0 saturated carbocycles. The van der Waals surface area contributed by atoms with E-state index in [9.17, 15) is 19.8 Å². The van der Waals surface area contributed by atoms with Crippen molar-refractivity contribution < 1.29 is 19.8 Å². The van der Waals surface area contributed by atoms with E-state index in [0.717, 1.165) is 43.7 Å². The summed E-state index contributed by atoms with van der Waals surface area (Å²) in [4.78, 5) is 34.5. The topological polar surface area (TPSA) is 116 Å². The maximum Gasteiger partial charge on any atom is 0.346 e. The van der Waals surface area contributed by atoms with Crippen molar-refractivity contribution in [2.24, 2.45) is 5.41 Å². The third-order valence-electron chi connectivity index (χ3n) is 5.68. The number of hydrogen-bond donors (Lipinski definition) is 3. The summed E-state index contributed by atoms with van der Waals surface area (Å²) < 4.78 is 0. The SMILES string of the molecule is Cc1c(C(=O)O)sc2ncnc(N3CCC4(CC3)CN[C@H](C(=O)O)C4)c12. The molecule has 0 unspecified atom stereocenters. The number of fused-ring (bicyclic) bond motifs is 1. The number of carboxylic acid groups (broad SMARTS) is 2. The molecule has 8 nitrogen and oxygen atoms in total. The number of carbonyl (C=O) groups is 2. The summed E-state index contributed by atoms with van der Waals surface area (Å²) in [7, 11) is 0. The third-order valence-corrected chi connectivity index (χ3v) is 6.87. The van der Waals surface area contributed by atoms with E-state index in [-0.39, 0.29) is 5.41 Å². The van der Waals surface area contributed by atoms with Gasteiger partial charge in [0.1, 0.15) is 27.9 Å². The van der Waals surface area contributed by atoms with Crippen molar-refractivity contribution in [1.82, 2.24) is 15.3 Å². The Morgan fingerprint density at radius 2 is 2.04 bits per heavy atom. The van der Waals surface area contributed by atoms with Crippen LogP contribution in [0.4, 0.5) is 5.82 Å². The normalized spacial score (nSPS) is 22.2. The lowest BCUT2D eigenvalue weighted by molar-refractivity contribution is -0.139. The summed E-state index contributed by atoms with van der Waals surface area (Å²) in [6.45, 7) is 4.09. The van der Waals surface area contributed by atoms with Gasteiger partial charge < -0.3 is 20.4 Å². The zero-order valence-electron chi connectivity index (χ0n) is 14.4. The Morgan fingerprint density at radius 3 is 2.65 bits per heavy atom. The van der Waals surface area contributed by atoms with E-state index in [1.54, 1.807) is 6.92 Å². The highest BCUT2D eigenvalue weighted by molar-refractivity contribution is 7.20. The van der Waals surface area contributed by atoms with E-state index in [0.29, 0.717) is 21.7 Å². The molecule has 4 heterocycles. The predicted octanol–water partition coefficient (Wildman–Crippen LogP) is 1.73. The molecule has 0 bridgehead atoms.